The quantitative estimate of drug-likeness (QED) is 0.119. The number of urea groups is 1. The van der Waals surface area contributed by atoms with E-state index < -0.39 is 30.6 Å². The van der Waals surface area contributed by atoms with Crippen LogP contribution in [-0.4, -0.2) is 95.0 Å². The highest BCUT2D eigenvalue weighted by atomic mass is 16.6. The molecule has 0 saturated carbocycles. The monoisotopic (exact) mass is 670 g/mol. The number of carbonyl (C=O) groups excluding carboxylic acids is 1. The van der Waals surface area contributed by atoms with Gasteiger partial charge in [0.15, 0.2) is 29.0 Å². The van der Waals surface area contributed by atoms with Crippen LogP contribution in [0.25, 0.3) is 11.2 Å². The number of aliphatic hydroxyl groups excluding tert-OH is 3. The molecule has 7 rings (SSSR count). The number of nitrogens with zero attached hydrogens (tertiary/aromatic N) is 7. The molecule has 2 fully saturated rings. The van der Waals surface area contributed by atoms with Crippen molar-refractivity contribution >= 4 is 34.6 Å². The van der Waals surface area contributed by atoms with Gasteiger partial charge in [-0.25, -0.2) is 9.78 Å². The number of fused-ring (bicyclic) bond motifs is 1. The topological polar surface area (TPSA) is 209 Å². The predicted molar refractivity (Wildman–Crippen MR) is 178 cm³/mol. The van der Waals surface area contributed by atoms with E-state index in [0.717, 1.165) is 5.56 Å². The molecular weight excluding hydrogens is 632 g/mol. The summed E-state index contributed by atoms with van der Waals surface area (Å²) < 4.78 is 13.2. The van der Waals surface area contributed by atoms with Crippen LogP contribution in [-0.2, 0) is 17.6 Å². The Hall–Kier alpha value is -5.16. The van der Waals surface area contributed by atoms with Crippen LogP contribution in [0.15, 0.2) is 71.8 Å². The fraction of sp³-hybridized carbons (Fsp3) is 0.394. The van der Waals surface area contributed by atoms with Crippen molar-refractivity contribution in [3.63, 3.8) is 0 Å². The Morgan fingerprint density at radius 2 is 1.98 bits per heavy atom. The van der Waals surface area contributed by atoms with Gasteiger partial charge in [0, 0.05) is 31.4 Å². The molecule has 16 nitrogen and oxygen atoms in total. The zero-order valence-corrected chi connectivity index (χ0v) is 26.8. The first-order valence-electron chi connectivity index (χ1n) is 16.3. The number of ether oxygens (including phenoxy) is 1. The molecule has 0 aliphatic carbocycles. The Kier molecular flexibility index (Phi) is 9.34. The van der Waals surface area contributed by atoms with Gasteiger partial charge in [-0.1, -0.05) is 42.4 Å². The molecule has 1 aromatic carbocycles. The van der Waals surface area contributed by atoms with Crippen molar-refractivity contribution in [1.82, 2.24) is 35.0 Å². The van der Waals surface area contributed by atoms with Gasteiger partial charge in [0.2, 0.25) is 5.95 Å². The zero-order chi connectivity index (χ0) is 33.9. The van der Waals surface area contributed by atoms with Gasteiger partial charge < -0.3 is 45.4 Å². The second kappa shape index (κ2) is 14.1. The largest absolute Gasteiger partial charge is 0.394 e. The summed E-state index contributed by atoms with van der Waals surface area (Å²) in [4.78, 5) is 33.0. The number of aryl methyl sites for hydroxylation is 1. The summed E-state index contributed by atoms with van der Waals surface area (Å²) in [6, 6.07) is 14.1. The maximum Gasteiger partial charge on any atom is 0.319 e. The van der Waals surface area contributed by atoms with Crippen LogP contribution >= 0.6 is 0 Å². The highest BCUT2D eigenvalue weighted by molar-refractivity contribution is 5.89. The Morgan fingerprint density at radius 1 is 1.12 bits per heavy atom. The molecule has 49 heavy (non-hydrogen) atoms. The number of nitrogens with one attached hydrogen (secondary N) is 3. The number of carbonyl (C=O) groups is 1. The smallest absolute Gasteiger partial charge is 0.319 e. The molecule has 6 heterocycles. The first-order chi connectivity index (χ1) is 23.9. The molecule has 6 N–H and O–H groups in total. The van der Waals surface area contributed by atoms with E-state index in [4.69, 9.17) is 19.2 Å². The number of rotatable bonds is 11. The minimum Gasteiger partial charge on any atom is -0.394 e. The Morgan fingerprint density at radius 3 is 2.73 bits per heavy atom. The normalized spacial score (nSPS) is 22.8. The lowest BCUT2D eigenvalue weighted by molar-refractivity contribution is -0.0434. The van der Waals surface area contributed by atoms with Gasteiger partial charge in [-0.05, 0) is 37.0 Å². The van der Waals surface area contributed by atoms with Crippen molar-refractivity contribution in [3.8, 4) is 0 Å². The highest BCUT2D eigenvalue weighted by Crippen LogP contribution is 2.40. The summed E-state index contributed by atoms with van der Waals surface area (Å²) >= 11 is 0. The van der Waals surface area contributed by atoms with Gasteiger partial charge in [-0.15, -0.1) is 0 Å². The van der Waals surface area contributed by atoms with Crippen molar-refractivity contribution in [1.29, 1.82) is 0 Å². The van der Waals surface area contributed by atoms with Gasteiger partial charge in [0.05, 0.1) is 36.6 Å². The van der Waals surface area contributed by atoms with Crippen molar-refractivity contribution in [2.45, 2.75) is 62.8 Å². The third-order valence-electron chi connectivity index (χ3n) is 8.75. The third-order valence-corrected chi connectivity index (χ3v) is 8.75. The van der Waals surface area contributed by atoms with E-state index in [2.05, 4.69) is 31.1 Å². The third kappa shape index (κ3) is 6.89. The fourth-order valence-corrected chi connectivity index (χ4v) is 6.19. The van der Waals surface area contributed by atoms with Crippen LogP contribution in [0.5, 0.6) is 0 Å². The molecule has 5 aromatic rings. The van der Waals surface area contributed by atoms with Gasteiger partial charge in [0.25, 0.3) is 0 Å². The number of aromatic nitrogens is 6. The van der Waals surface area contributed by atoms with Crippen molar-refractivity contribution in [2.24, 2.45) is 0 Å². The number of benzene rings is 1. The number of imidazole rings is 1. The molecule has 0 radical (unpaired) electrons. The van der Waals surface area contributed by atoms with Crippen LogP contribution in [0.4, 0.5) is 22.2 Å². The molecule has 256 valence electrons. The van der Waals surface area contributed by atoms with Gasteiger partial charge >= 0.3 is 6.03 Å². The average molecular weight is 671 g/mol. The van der Waals surface area contributed by atoms with Crippen molar-refractivity contribution in [2.75, 3.05) is 35.2 Å². The van der Waals surface area contributed by atoms with E-state index in [1.165, 1.54) is 6.33 Å². The van der Waals surface area contributed by atoms with Crippen LogP contribution in [0.1, 0.15) is 42.7 Å². The Bertz CT molecular complexity index is 1870. The van der Waals surface area contributed by atoms with Crippen LogP contribution in [0, 0.1) is 0 Å². The minimum atomic E-state index is -1.34. The summed E-state index contributed by atoms with van der Waals surface area (Å²) in [5, 5.41) is 45.6. The Balaban J connectivity index is 1.17. The van der Waals surface area contributed by atoms with E-state index >= 15 is 0 Å². The highest BCUT2D eigenvalue weighted by Gasteiger charge is 2.47. The summed E-state index contributed by atoms with van der Waals surface area (Å²) in [5.41, 5.74) is 3.05. The molecule has 1 unspecified atom stereocenters. The summed E-state index contributed by atoms with van der Waals surface area (Å²) in [5.74, 6) is 1.05. The molecule has 2 saturated heterocycles. The number of aliphatic hydroxyl groups is 3. The maximum atomic E-state index is 12.7. The lowest BCUT2D eigenvalue weighted by atomic mass is 10.1. The second-order valence-corrected chi connectivity index (χ2v) is 12.2. The van der Waals surface area contributed by atoms with Gasteiger partial charge in [-0.2, -0.15) is 9.97 Å². The first kappa shape index (κ1) is 32.4. The van der Waals surface area contributed by atoms with Crippen molar-refractivity contribution < 1.29 is 29.4 Å². The maximum absolute atomic E-state index is 12.7. The molecule has 4 aromatic heterocycles. The molecule has 0 spiro atoms. The van der Waals surface area contributed by atoms with E-state index in [1.807, 2.05) is 42.2 Å². The number of amides is 2. The number of pyridine rings is 1. The molecule has 2 aliphatic heterocycles. The summed E-state index contributed by atoms with van der Waals surface area (Å²) in [7, 11) is 0. The molecule has 16 heteroatoms. The van der Waals surface area contributed by atoms with Crippen LogP contribution in [0.2, 0.25) is 0 Å². The lowest BCUT2D eigenvalue weighted by Gasteiger charge is -2.22. The zero-order valence-electron chi connectivity index (χ0n) is 26.8. The Labute approximate surface area is 281 Å². The lowest BCUT2D eigenvalue weighted by Crippen LogP contribution is -2.40. The SMILES string of the molecule is CCc1cc([C@H]2O[C@@H](n3cnc4c(N[C@H](CO)Cc5ccccc5)nc(N5CCC(NC(=O)Nc6cccnc6)C5)nc43)[C@H](O)[C@@H]2O)on1. The molecule has 2 aliphatic rings. The molecular formula is C33H38N10O6. The first-order valence-corrected chi connectivity index (χ1v) is 16.3. The average Bonchev–Trinajstić information content (AvgIpc) is 3.93. The fourth-order valence-electron chi connectivity index (χ4n) is 6.19. The van der Waals surface area contributed by atoms with E-state index in [0.29, 0.717) is 72.4 Å². The van der Waals surface area contributed by atoms with E-state index in [9.17, 15) is 20.1 Å². The minimum absolute atomic E-state index is 0.173. The van der Waals surface area contributed by atoms with Gasteiger partial charge in [-0.3, -0.25) is 9.55 Å². The second-order valence-electron chi connectivity index (χ2n) is 12.2. The molecule has 0 bridgehead atoms. The van der Waals surface area contributed by atoms with E-state index in [1.54, 1.807) is 35.2 Å². The van der Waals surface area contributed by atoms with Crippen LogP contribution < -0.4 is 20.9 Å². The van der Waals surface area contributed by atoms with Crippen molar-refractivity contribution in [3.05, 3.63) is 84.3 Å². The molecule has 2 amide bonds. The number of hydrogen-bond acceptors (Lipinski definition) is 13. The standard InChI is InChI=1S/C33H38N10O6/c1-2-20-14-24(49-41-20)28-26(45)27(46)31(48-28)43-18-35-25-29(36-23(17-44)13-19-7-4-3-5-8-19)39-32(40-30(25)43)42-12-10-22(16-42)38-33(47)37-21-9-6-11-34-15-21/h3-9,11,14-15,18,22-23,26-28,31,44-46H,2,10,12-13,16-17H2,1H3,(H,36,39,40)(H2,37,38,47)/t22?,23-,26-,27+,28+,31+/m0/s1. The van der Waals surface area contributed by atoms with Gasteiger partial charge in [0.1, 0.15) is 18.3 Å². The summed E-state index contributed by atoms with van der Waals surface area (Å²) in [6.07, 6.45) is 1.84. The van der Waals surface area contributed by atoms with Crippen LogP contribution in [0.3, 0.4) is 0 Å². The predicted octanol–water partition coefficient (Wildman–Crippen LogP) is 2.18. The number of anilines is 3. The summed E-state index contributed by atoms with van der Waals surface area (Å²) in [6.45, 7) is 2.75. The molecule has 6 atom stereocenters. The number of hydrogen-bond donors (Lipinski definition) is 6. The van der Waals surface area contributed by atoms with E-state index in [-0.39, 0.29) is 18.7 Å².